The molecule has 1 aliphatic rings. The van der Waals surface area contributed by atoms with Gasteiger partial charge in [-0.05, 0) is 35.9 Å². The maximum atomic E-state index is 8.70. The lowest BCUT2D eigenvalue weighted by atomic mass is 10.2. The second kappa shape index (κ2) is 11.4. The smallest absolute Gasteiger partial charge is 0.250 e. The maximum absolute atomic E-state index is 8.70. The highest BCUT2D eigenvalue weighted by atomic mass is 16.5. The Morgan fingerprint density at radius 3 is 2.65 bits per heavy atom. The minimum Gasteiger partial charge on any atom is -0.493 e. The fourth-order valence-corrected chi connectivity index (χ4v) is 3.18. The van der Waals surface area contributed by atoms with E-state index in [0.29, 0.717) is 55.6 Å². The predicted octanol–water partition coefficient (Wildman–Crippen LogP) is 2.81. The van der Waals surface area contributed by atoms with Gasteiger partial charge in [0.05, 0.1) is 26.5 Å². The average molecular weight is 460 g/mol. The molecule has 0 bridgehead atoms. The number of methoxy groups -OCH3 is 1. The summed E-state index contributed by atoms with van der Waals surface area (Å²) in [5, 5.41) is 16.2. The van der Waals surface area contributed by atoms with Gasteiger partial charge in [-0.25, -0.2) is 5.43 Å². The molecule has 0 unspecified atom stereocenters. The number of nitriles is 1. The van der Waals surface area contributed by atoms with Gasteiger partial charge in [0.2, 0.25) is 17.8 Å². The highest BCUT2D eigenvalue weighted by Gasteiger charge is 2.16. The van der Waals surface area contributed by atoms with Crippen molar-refractivity contribution in [1.29, 1.82) is 5.26 Å². The highest BCUT2D eigenvalue weighted by molar-refractivity contribution is 5.81. The molecule has 3 aromatic rings. The molecule has 1 aliphatic heterocycles. The van der Waals surface area contributed by atoms with E-state index in [1.54, 1.807) is 24.4 Å². The first kappa shape index (κ1) is 22.8. The van der Waals surface area contributed by atoms with Crippen LogP contribution in [-0.4, -0.2) is 61.2 Å². The van der Waals surface area contributed by atoms with Gasteiger partial charge in [0.1, 0.15) is 6.07 Å². The van der Waals surface area contributed by atoms with Gasteiger partial charge in [-0.1, -0.05) is 18.2 Å². The van der Waals surface area contributed by atoms with Gasteiger partial charge in [-0.15, -0.1) is 0 Å². The number of nitrogens with zero attached hydrogens (tertiary/aromatic N) is 6. The average Bonchev–Trinajstić information content (AvgIpc) is 2.89. The van der Waals surface area contributed by atoms with Crippen LogP contribution in [0.4, 0.5) is 23.5 Å². The first-order chi connectivity index (χ1) is 16.7. The summed E-state index contributed by atoms with van der Waals surface area (Å²) in [7, 11) is 1.53. The van der Waals surface area contributed by atoms with E-state index >= 15 is 0 Å². The molecule has 1 fully saturated rings. The number of nitrogens with one attached hydrogen (secondary N) is 2. The summed E-state index contributed by atoms with van der Waals surface area (Å²) in [4.78, 5) is 15.6. The van der Waals surface area contributed by atoms with Crippen LogP contribution in [-0.2, 0) is 4.74 Å². The van der Waals surface area contributed by atoms with E-state index in [-0.39, 0.29) is 6.61 Å². The highest BCUT2D eigenvalue weighted by Crippen LogP contribution is 2.27. The molecule has 0 saturated carbocycles. The molecule has 174 valence electrons. The Morgan fingerprint density at radius 2 is 1.88 bits per heavy atom. The van der Waals surface area contributed by atoms with Crippen molar-refractivity contribution in [2.24, 2.45) is 5.10 Å². The fourth-order valence-electron chi connectivity index (χ4n) is 3.18. The summed E-state index contributed by atoms with van der Waals surface area (Å²) in [5.74, 6) is 2.23. The molecule has 11 nitrogen and oxygen atoms in total. The van der Waals surface area contributed by atoms with Gasteiger partial charge in [0.15, 0.2) is 18.1 Å². The van der Waals surface area contributed by atoms with Crippen LogP contribution in [0.1, 0.15) is 5.56 Å². The molecule has 0 radical (unpaired) electrons. The Balaban J connectivity index is 1.52. The van der Waals surface area contributed by atoms with Crippen molar-refractivity contribution in [2.75, 3.05) is 55.7 Å². The standard InChI is InChI=1S/C23H24N8O3/c1-32-20-15-17(7-8-19(20)34-12-9-24)16-25-30-22-27-21(26-18-5-3-2-4-6-18)28-23(29-22)31-10-13-33-14-11-31/h2-8,15-16H,10-14H2,1H3,(H2,26,27,28,29,30). The van der Waals surface area contributed by atoms with Crippen molar-refractivity contribution < 1.29 is 14.2 Å². The van der Waals surface area contributed by atoms with Gasteiger partial charge in [0.25, 0.3) is 0 Å². The van der Waals surface area contributed by atoms with Gasteiger partial charge < -0.3 is 24.4 Å². The summed E-state index contributed by atoms with van der Waals surface area (Å²) in [6, 6.07) is 16.9. The Morgan fingerprint density at radius 1 is 1.09 bits per heavy atom. The Labute approximate surface area is 197 Å². The number of anilines is 4. The largest absolute Gasteiger partial charge is 0.493 e. The van der Waals surface area contributed by atoms with E-state index in [1.165, 1.54) is 7.11 Å². The lowest BCUT2D eigenvalue weighted by Gasteiger charge is -2.27. The van der Waals surface area contributed by atoms with Crippen LogP contribution in [0.5, 0.6) is 11.5 Å². The lowest BCUT2D eigenvalue weighted by Crippen LogP contribution is -2.37. The van der Waals surface area contributed by atoms with E-state index in [1.807, 2.05) is 41.3 Å². The number of ether oxygens (including phenoxy) is 3. The summed E-state index contributed by atoms with van der Waals surface area (Å²) >= 11 is 0. The van der Waals surface area contributed by atoms with Gasteiger partial charge >= 0.3 is 0 Å². The number of aromatic nitrogens is 3. The van der Waals surface area contributed by atoms with Crippen molar-refractivity contribution in [3.63, 3.8) is 0 Å². The number of hydrogen-bond acceptors (Lipinski definition) is 11. The Hall–Kier alpha value is -4.43. The number of para-hydroxylation sites is 1. The van der Waals surface area contributed by atoms with E-state index < -0.39 is 0 Å². The zero-order valence-corrected chi connectivity index (χ0v) is 18.6. The van der Waals surface area contributed by atoms with Gasteiger partial charge in [0, 0.05) is 18.8 Å². The lowest BCUT2D eigenvalue weighted by molar-refractivity contribution is 0.122. The fraction of sp³-hybridized carbons (Fsp3) is 0.261. The number of hydrogen-bond donors (Lipinski definition) is 2. The van der Waals surface area contributed by atoms with Crippen LogP contribution in [0, 0.1) is 11.3 Å². The molecular weight excluding hydrogens is 436 g/mol. The number of hydrazone groups is 1. The minimum absolute atomic E-state index is 0.0600. The second-order valence-electron chi connectivity index (χ2n) is 7.10. The molecule has 2 N–H and O–H groups in total. The molecule has 0 atom stereocenters. The van der Waals surface area contributed by atoms with E-state index in [9.17, 15) is 0 Å². The van der Waals surface area contributed by atoms with Crippen molar-refractivity contribution >= 4 is 29.7 Å². The SMILES string of the molecule is COc1cc(C=NNc2nc(Nc3ccccc3)nc(N3CCOCC3)n2)ccc1OCC#N. The van der Waals surface area contributed by atoms with Crippen LogP contribution in [0.3, 0.4) is 0 Å². The van der Waals surface area contributed by atoms with Gasteiger partial charge in [-0.2, -0.15) is 25.3 Å². The van der Waals surface area contributed by atoms with E-state index in [4.69, 9.17) is 19.5 Å². The van der Waals surface area contributed by atoms with Crippen LogP contribution in [0.15, 0.2) is 53.6 Å². The summed E-state index contributed by atoms with van der Waals surface area (Å²) in [6.45, 7) is 2.55. The first-order valence-corrected chi connectivity index (χ1v) is 10.6. The maximum Gasteiger partial charge on any atom is 0.250 e. The summed E-state index contributed by atoms with van der Waals surface area (Å²) < 4.78 is 16.1. The van der Waals surface area contributed by atoms with Crippen LogP contribution >= 0.6 is 0 Å². The number of morpholine rings is 1. The zero-order chi connectivity index (χ0) is 23.6. The third kappa shape index (κ3) is 6.08. The Kier molecular flexibility index (Phi) is 7.66. The Bertz CT molecular complexity index is 1160. The molecule has 0 amide bonds. The second-order valence-corrected chi connectivity index (χ2v) is 7.10. The first-order valence-electron chi connectivity index (χ1n) is 10.6. The minimum atomic E-state index is -0.0600. The molecular formula is C23H24N8O3. The normalized spacial score (nSPS) is 13.4. The van der Waals surface area contributed by atoms with Crippen molar-refractivity contribution in [2.45, 2.75) is 0 Å². The van der Waals surface area contributed by atoms with E-state index in [2.05, 4.69) is 30.8 Å². The molecule has 2 aromatic carbocycles. The zero-order valence-electron chi connectivity index (χ0n) is 18.6. The number of rotatable bonds is 9. The number of benzene rings is 2. The third-order valence-electron chi connectivity index (χ3n) is 4.81. The monoisotopic (exact) mass is 460 g/mol. The topological polar surface area (TPSA) is 130 Å². The predicted molar refractivity (Wildman–Crippen MR) is 128 cm³/mol. The summed E-state index contributed by atoms with van der Waals surface area (Å²) in [6.07, 6.45) is 1.61. The molecule has 11 heteroatoms. The van der Waals surface area contributed by atoms with E-state index in [0.717, 1.165) is 11.3 Å². The quantitative estimate of drug-likeness (QED) is 0.363. The molecule has 1 saturated heterocycles. The van der Waals surface area contributed by atoms with Crippen molar-refractivity contribution in [3.8, 4) is 17.6 Å². The molecule has 0 aliphatic carbocycles. The molecule has 34 heavy (non-hydrogen) atoms. The molecule has 0 spiro atoms. The molecule has 4 rings (SSSR count). The van der Waals surface area contributed by atoms with Crippen molar-refractivity contribution in [1.82, 2.24) is 15.0 Å². The van der Waals surface area contributed by atoms with Crippen molar-refractivity contribution in [3.05, 3.63) is 54.1 Å². The third-order valence-corrected chi connectivity index (χ3v) is 4.81. The summed E-state index contributed by atoms with van der Waals surface area (Å²) in [5.41, 5.74) is 4.50. The van der Waals surface area contributed by atoms with Crippen LogP contribution < -0.4 is 25.1 Å². The molecule has 1 aromatic heterocycles. The molecule has 2 heterocycles. The van der Waals surface area contributed by atoms with Gasteiger partial charge in [-0.3, -0.25) is 0 Å². The van der Waals surface area contributed by atoms with Crippen LogP contribution in [0.25, 0.3) is 0 Å². The van der Waals surface area contributed by atoms with Crippen LogP contribution in [0.2, 0.25) is 0 Å².